The molecule has 2 N–H and O–H groups in total. The molecule has 0 aliphatic rings. The molecule has 0 atom stereocenters. The number of amides is 1. The number of nitrogens with one attached hydrogen (secondary N) is 2. The molecule has 0 aliphatic carbocycles. The Bertz CT molecular complexity index is 369. The van der Waals surface area contributed by atoms with Gasteiger partial charge in [0, 0.05) is 18.8 Å². The van der Waals surface area contributed by atoms with E-state index < -0.39 is 0 Å². The van der Waals surface area contributed by atoms with E-state index in [1.807, 2.05) is 43.0 Å². The predicted octanol–water partition coefficient (Wildman–Crippen LogP) is 2.99. The van der Waals surface area contributed by atoms with Crippen LogP contribution >= 0.6 is 11.8 Å². The van der Waals surface area contributed by atoms with E-state index in [-0.39, 0.29) is 5.91 Å². The number of carbonyl (C=O) groups excluding carboxylic acids is 1. The van der Waals surface area contributed by atoms with E-state index in [1.54, 1.807) is 0 Å². The monoisotopic (exact) mass is 266 g/mol. The number of thioether (sulfide) groups is 1. The van der Waals surface area contributed by atoms with Gasteiger partial charge in [-0.2, -0.15) is 11.8 Å². The van der Waals surface area contributed by atoms with Crippen molar-refractivity contribution in [2.24, 2.45) is 0 Å². The number of benzene rings is 1. The maximum atomic E-state index is 12.0. The van der Waals surface area contributed by atoms with Crippen LogP contribution in [0.25, 0.3) is 0 Å². The molecular weight excluding hydrogens is 244 g/mol. The summed E-state index contributed by atoms with van der Waals surface area (Å²) < 4.78 is 0. The number of hydrogen-bond donors (Lipinski definition) is 2. The fraction of sp³-hybridized carbons (Fsp3) is 0.500. The third kappa shape index (κ3) is 5.00. The highest BCUT2D eigenvalue weighted by atomic mass is 32.2. The molecule has 3 nitrogen and oxygen atoms in total. The molecule has 0 bridgehead atoms. The summed E-state index contributed by atoms with van der Waals surface area (Å²) >= 11 is 1.90. The smallest absolute Gasteiger partial charge is 0.253 e. The molecule has 100 valence electrons. The van der Waals surface area contributed by atoms with E-state index >= 15 is 0 Å². The van der Waals surface area contributed by atoms with Crippen LogP contribution in [0.2, 0.25) is 0 Å². The zero-order valence-electron chi connectivity index (χ0n) is 11.2. The van der Waals surface area contributed by atoms with E-state index in [0.717, 1.165) is 42.3 Å². The molecule has 0 saturated heterocycles. The van der Waals surface area contributed by atoms with Gasteiger partial charge in [0.05, 0.1) is 5.56 Å². The predicted molar refractivity (Wildman–Crippen MR) is 80.6 cm³/mol. The molecule has 0 aliphatic heterocycles. The molecule has 4 heteroatoms. The second kappa shape index (κ2) is 8.86. The van der Waals surface area contributed by atoms with Gasteiger partial charge in [0.2, 0.25) is 0 Å². The summed E-state index contributed by atoms with van der Waals surface area (Å²) in [6.45, 7) is 5.73. The lowest BCUT2D eigenvalue weighted by molar-refractivity contribution is 0.0954. The Labute approximate surface area is 114 Å². The van der Waals surface area contributed by atoms with Gasteiger partial charge in [-0.05, 0) is 37.0 Å². The normalized spacial score (nSPS) is 10.1. The van der Waals surface area contributed by atoms with Crippen LogP contribution in [-0.2, 0) is 0 Å². The highest BCUT2D eigenvalue weighted by Gasteiger charge is 2.09. The lowest BCUT2D eigenvalue weighted by Crippen LogP contribution is -2.25. The quantitative estimate of drug-likeness (QED) is 0.711. The lowest BCUT2D eigenvalue weighted by Gasteiger charge is -2.10. The van der Waals surface area contributed by atoms with Crippen LogP contribution in [0.4, 0.5) is 5.69 Å². The summed E-state index contributed by atoms with van der Waals surface area (Å²) in [5.74, 6) is 2.25. The van der Waals surface area contributed by atoms with Crippen LogP contribution in [0.5, 0.6) is 0 Å². The van der Waals surface area contributed by atoms with Crippen LogP contribution in [0.3, 0.4) is 0 Å². The molecular formula is C14H22N2OS. The lowest BCUT2D eigenvalue weighted by atomic mass is 10.1. The fourth-order valence-electron chi connectivity index (χ4n) is 1.64. The van der Waals surface area contributed by atoms with Gasteiger partial charge in [-0.15, -0.1) is 0 Å². The van der Waals surface area contributed by atoms with Crippen molar-refractivity contribution in [3.05, 3.63) is 29.8 Å². The maximum Gasteiger partial charge on any atom is 0.253 e. The second-order valence-electron chi connectivity index (χ2n) is 3.88. The van der Waals surface area contributed by atoms with Crippen molar-refractivity contribution < 1.29 is 4.79 Å². The van der Waals surface area contributed by atoms with Gasteiger partial charge in [0.1, 0.15) is 0 Å². The summed E-state index contributed by atoms with van der Waals surface area (Å²) in [5, 5.41) is 6.17. The van der Waals surface area contributed by atoms with Crippen molar-refractivity contribution in [1.82, 2.24) is 5.32 Å². The van der Waals surface area contributed by atoms with E-state index in [1.165, 1.54) is 0 Å². The minimum absolute atomic E-state index is 0.00745. The first-order chi connectivity index (χ1) is 8.79. The molecule has 1 aromatic rings. The van der Waals surface area contributed by atoms with E-state index in [2.05, 4.69) is 17.6 Å². The molecule has 1 amide bonds. The van der Waals surface area contributed by atoms with E-state index in [0.29, 0.717) is 0 Å². The second-order valence-corrected chi connectivity index (χ2v) is 5.28. The van der Waals surface area contributed by atoms with Crippen molar-refractivity contribution >= 4 is 23.4 Å². The van der Waals surface area contributed by atoms with Gasteiger partial charge < -0.3 is 10.6 Å². The maximum absolute atomic E-state index is 12.0. The number of para-hydroxylation sites is 1. The molecule has 1 aromatic carbocycles. The third-order valence-electron chi connectivity index (χ3n) is 2.49. The van der Waals surface area contributed by atoms with Gasteiger partial charge in [0.25, 0.3) is 5.91 Å². The van der Waals surface area contributed by atoms with Crippen molar-refractivity contribution in [2.75, 3.05) is 29.9 Å². The zero-order valence-corrected chi connectivity index (χ0v) is 12.0. The standard InChI is InChI=1S/C14H22N2OS/c1-3-15-13-9-6-5-8-12(13)14(17)16-10-7-11-18-4-2/h5-6,8-9,15H,3-4,7,10-11H2,1-2H3,(H,16,17). The zero-order chi connectivity index (χ0) is 13.2. The summed E-state index contributed by atoms with van der Waals surface area (Å²) in [6.07, 6.45) is 1.02. The fourth-order valence-corrected chi connectivity index (χ4v) is 2.28. The van der Waals surface area contributed by atoms with Crippen LogP contribution in [-0.4, -0.2) is 30.5 Å². The van der Waals surface area contributed by atoms with Crippen molar-refractivity contribution in [1.29, 1.82) is 0 Å². The number of carbonyl (C=O) groups is 1. The Morgan fingerprint density at radius 1 is 1.28 bits per heavy atom. The molecule has 0 unspecified atom stereocenters. The SMILES string of the molecule is CCNc1ccccc1C(=O)NCCCSCC. The summed E-state index contributed by atoms with van der Waals surface area (Å²) in [6, 6.07) is 7.62. The molecule has 0 fully saturated rings. The van der Waals surface area contributed by atoms with Gasteiger partial charge in [-0.25, -0.2) is 0 Å². The average Bonchev–Trinajstić information content (AvgIpc) is 2.39. The number of rotatable bonds is 8. The summed E-state index contributed by atoms with van der Waals surface area (Å²) in [4.78, 5) is 12.0. The van der Waals surface area contributed by atoms with Gasteiger partial charge in [-0.3, -0.25) is 4.79 Å². The molecule has 18 heavy (non-hydrogen) atoms. The molecule has 0 spiro atoms. The summed E-state index contributed by atoms with van der Waals surface area (Å²) in [7, 11) is 0. The van der Waals surface area contributed by atoms with Crippen LogP contribution in [0.1, 0.15) is 30.6 Å². The average molecular weight is 266 g/mol. The van der Waals surface area contributed by atoms with Crippen molar-refractivity contribution in [2.45, 2.75) is 20.3 Å². The Kier molecular flexibility index (Phi) is 7.34. The van der Waals surface area contributed by atoms with Gasteiger partial charge in [0.15, 0.2) is 0 Å². The Morgan fingerprint density at radius 3 is 2.78 bits per heavy atom. The number of anilines is 1. The Balaban J connectivity index is 2.45. The van der Waals surface area contributed by atoms with Crippen LogP contribution in [0, 0.1) is 0 Å². The van der Waals surface area contributed by atoms with Crippen molar-refractivity contribution in [3.8, 4) is 0 Å². The first kappa shape index (κ1) is 14.9. The van der Waals surface area contributed by atoms with Crippen molar-refractivity contribution in [3.63, 3.8) is 0 Å². The van der Waals surface area contributed by atoms with Gasteiger partial charge >= 0.3 is 0 Å². The highest BCUT2D eigenvalue weighted by Crippen LogP contribution is 2.14. The Morgan fingerprint density at radius 2 is 2.06 bits per heavy atom. The van der Waals surface area contributed by atoms with Crippen LogP contribution < -0.4 is 10.6 Å². The molecule has 1 rings (SSSR count). The topological polar surface area (TPSA) is 41.1 Å². The molecule has 0 aromatic heterocycles. The third-order valence-corrected chi connectivity index (χ3v) is 3.48. The van der Waals surface area contributed by atoms with E-state index in [9.17, 15) is 4.79 Å². The molecule has 0 radical (unpaired) electrons. The minimum Gasteiger partial charge on any atom is -0.385 e. The minimum atomic E-state index is 0.00745. The van der Waals surface area contributed by atoms with E-state index in [4.69, 9.17) is 0 Å². The molecule has 0 saturated carbocycles. The first-order valence-corrected chi connectivity index (χ1v) is 7.63. The highest BCUT2D eigenvalue weighted by molar-refractivity contribution is 7.99. The largest absolute Gasteiger partial charge is 0.385 e. The first-order valence-electron chi connectivity index (χ1n) is 6.48. The van der Waals surface area contributed by atoms with Gasteiger partial charge in [-0.1, -0.05) is 19.1 Å². The Hall–Kier alpha value is -1.16. The van der Waals surface area contributed by atoms with Crippen LogP contribution in [0.15, 0.2) is 24.3 Å². The number of hydrogen-bond acceptors (Lipinski definition) is 3. The summed E-state index contributed by atoms with van der Waals surface area (Å²) in [5.41, 5.74) is 1.63. The molecule has 0 heterocycles.